The number of rotatable bonds is 4. The van der Waals surface area contributed by atoms with Crippen molar-refractivity contribution in [2.24, 2.45) is 5.14 Å². The van der Waals surface area contributed by atoms with Gasteiger partial charge in [-0.3, -0.25) is 14.9 Å². The van der Waals surface area contributed by atoms with Gasteiger partial charge in [-0.25, -0.2) is 23.3 Å². The second-order valence-electron chi connectivity index (χ2n) is 6.56. The van der Waals surface area contributed by atoms with Crippen molar-refractivity contribution in [3.05, 3.63) is 78.1 Å². The van der Waals surface area contributed by atoms with Gasteiger partial charge in [0.2, 0.25) is 10.0 Å². The molecule has 0 unspecified atom stereocenters. The zero-order valence-corrected chi connectivity index (χ0v) is 16.6. The summed E-state index contributed by atoms with van der Waals surface area (Å²) >= 11 is 0. The minimum atomic E-state index is -3.81. The Labute approximate surface area is 176 Å². The number of hydrogen-bond acceptors (Lipinski definition) is 6. The third-order valence-corrected chi connectivity index (χ3v) is 5.43. The van der Waals surface area contributed by atoms with Crippen LogP contribution < -0.4 is 15.4 Å². The van der Waals surface area contributed by atoms with E-state index in [9.17, 15) is 22.8 Å². The molecule has 31 heavy (non-hydrogen) atoms. The van der Waals surface area contributed by atoms with Crippen LogP contribution in [0, 0.1) is 0 Å². The summed E-state index contributed by atoms with van der Waals surface area (Å²) in [5, 5.41) is 7.22. The molecule has 1 aliphatic rings. The third kappa shape index (κ3) is 4.02. The van der Waals surface area contributed by atoms with Crippen LogP contribution in [0.1, 0.15) is 5.76 Å². The summed E-state index contributed by atoms with van der Waals surface area (Å²) in [4.78, 5) is 38.1. The number of nitrogens with zero attached hydrogens (tertiary/aromatic N) is 1. The van der Waals surface area contributed by atoms with Crippen molar-refractivity contribution in [3.63, 3.8) is 0 Å². The van der Waals surface area contributed by atoms with Gasteiger partial charge in [-0.05, 0) is 54.6 Å². The second-order valence-corrected chi connectivity index (χ2v) is 8.13. The first-order chi connectivity index (χ1) is 14.7. The first-order valence-electron chi connectivity index (χ1n) is 8.93. The number of carbonyl (C=O) groups excluding carboxylic acids is 3. The molecule has 4 amide bonds. The molecule has 2 aromatic carbocycles. The molecule has 2 heterocycles. The fraction of sp³-hybridized carbons (Fsp3) is 0. The van der Waals surface area contributed by atoms with Gasteiger partial charge in [-0.1, -0.05) is 18.2 Å². The average molecular weight is 437 g/mol. The second kappa shape index (κ2) is 7.67. The molecule has 0 aliphatic carbocycles. The van der Waals surface area contributed by atoms with E-state index in [1.54, 1.807) is 42.5 Å². The molecule has 0 bridgehead atoms. The van der Waals surface area contributed by atoms with E-state index in [-0.39, 0.29) is 16.2 Å². The summed E-state index contributed by atoms with van der Waals surface area (Å²) < 4.78 is 28.4. The first-order valence-corrected chi connectivity index (χ1v) is 10.5. The van der Waals surface area contributed by atoms with Crippen LogP contribution in [-0.4, -0.2) is 26.3 Å². The average Bonchev–Trinajstić information content (AvgIpc) is 3.20. The Morgan fingerprint density at radius 3 is 2.23 bits per heavy atom. The zero-order chi connectivity index (χ0) is 22.2. The van der Waals surface area contributed by atoms with E-state index in [1.165, 1.54) is 30.3 Å². The number of barbiturate groups is 1. The van der Waals surface area contributed by atoms with Crippen molar-refractivity contribution in [1.82, 2.24) is 5.32 Å². The van der Waals surface area contributed by atoms with Gasteiger partial charge in [-0.2, -0.15) is 0 Å². The topological polar surface area (TPSA) is 140 Å². The molecule has 4 rings (SSSR count). The molecule has 1 aromatic heterocycles. The van der Waals surface area contributed by atoms with E-state index >= 15 is 0 Å². The van der Waals surface area contributed by atoms with Crippen LogP contribution in [-0.2, 0) is 19.6 Å². The van der Waals surface area contributed by atoms with Crippen LogP contribution in [0.4, 0.5) is 10.5 Å². The number of sulfonamides is 1. The minimum absolute atomic E-state index is 0.0414. The number of para-hydroxylation sites is 1. The molecule has 0 saturated carbocycles. The number of amides is 4. The Kier molecular flexibility index (Phi) is 5.01. The van der Waals surface area contributed by atoms with Crippen LogP contribution in [0.5, 0.6) is 0 Å². The lowest BCUT2D eigenvalue weighted by atomic mass is 10.1. The van der Waals surface area contributed by atoms with Gasteiger partial charge in [0.25, 0.3) is 11.8 Å². The van der Waals surface area contributed by atoms with E-state index in [4.69, 9.17) is 9.56 Å². The number of carbonyl (C=O) groups is 3. The normalized spacial score (nSPS) is 16.0. The maximum atomic E-state index is 12.8. The number of nitrogens with two attached hydrogens (primary N) is 1. The van der Waals surface area contributed by atoms with Gasteiger partial charge in [0.1, 0.15) is 17.1 Å². The predicted molar refractivity (Wildman–Crippen MR) is 111 cm³/mol. The predicted octanol–water partition coefficient (Wildman–Crippen LogP) is 2.26. The fourth-order valence-electron chi connectivity index (χ4n) is 3.01. The monoisotopic (exact) mass is 437 g/mol. The summed E-state index contributed by atoms with van der Waals surface area (Å²) in [5.41, 5.74) is 0.616. The number of hydrogen-bond donors (Lipinski definition) is 2. The Bertz CT molecular complexity index is 1320. The molecule has 10 heteroatoms. The van der Waals surface area contributed by atoms with Crippen LogP contribution >= 0.6 is 0 Å². The molecule has 156 valence electrons. The minimum Gasteiger partial charge on any atom is -0.457 e. The van der Waals surface area contributed by atoms with Gasteiger partial charge in [0.15, 0.2) is 0 Å². The number of furan rings is 1. The highest BCUT2D eigenvalue weighted by molar-refractivity contribution is 7.89. The Morgan fingerprint density at radius 1 is 0.903 bits per heavy atom. The lowest BCUT2D eigenvalue weighted by Gasteiger charge is -2.26. The van der Waals surface area contributed by atoms with Gasteiger partial charge in [0, 0.05) is 5.56 Å². The lowest BCUT2D eigenvalue weighted by Crippen LogP contribution is -2.54. The molecule has 9 nitrogen and oxygen atoms in total. The quantitative estimate of drug-likeness (QED) is 0.474. The number of urea groups is 1. The molecule has 1 aliphatic heterocycles. The molecule has 1 saturated heterocycles. The van der Waals surface area contributed by atoms with Crippen LogP contribution in [0.3, 0.4) is 0 Å². The molecular formula is C21H15N3O6S. The Balaban J connectivity index is 1.64. The van der Waals surface area contributed by atoms with E-state index in [2.05, 4.69) is 5.32 Å². The summed E-state index contributed by atoms with van der Waals surface area (Å²) in [6.45, 7) is 0. The number of benzene rings is 2. The van der Waals surface area contributed by atoms with E-state index < -0.39 is 27.9 Å². The van der Waals surface area contributed by atoms with Crippen LogP contribution in [0.15, 0.2) is 81.6 Å². The summed E-state index contributed by atoms with van der Waals surface area (Å²) in [6, 6.07) is 16.2. The number of imide groups is 2. The van der Waals surface area contributed by atoms with Crippen molar-refractivity contribution in [2.75, 3.05) is 4.90 Å². The Morgan fingerprint density at radius 2 is 1.58 bits per heavy atom. The first kappa shape index (κ1) is 20.3. The number of anilines is 1. The van der Waals surface area contributed by atoms with Gasteiger partial charge >= 0.3 is 6.03 Å². The Hall–Kier alpha value is -4.02. The van der Waals surface area contributed by atoms with E-state index in [0.717, 1.165) is 4.90 Å². The van der Waals surface area contributed by atoms with Gasteiger partial charge in [-0.15, -0.1) is 0 Å². The molecule has 0 radical (unpaired) electrons. The fourth-order valence-corrected chi connectivity index (χ4v) is 3.52. The van der Waals surface area contributed by atoms with Gasteiger partial charge < -0.3 is 4.42 Å². The molecule has 3 N–H and O–H groups in total. The molecular weight excluding hydrogens is 422 g/mol. The zero-order valence-electron chi connectivity index (χ0n) is 15.8. The number of primary sulfonamides is 1. The number of nitrogens with one attached hydrogen (secondary N) is 1. The highest BCUT2D eigenvalue weighted by Gasteiger charge is 2.36. The van der Waals surface area contributed by atoms with Crippen LogP contribution in [0.25, 0.3) is 17.4 Å². The van der Waals surface area contributed by atoms with Crippen molar-refractivity contribution in [1.29, 1.82) is 0 Å². The van der Waals surface area contributed by atoms with Crippen molar-refractivity contribution in [2.45, 2.75) is 4.90 Å². The molecule has 1 fully saturated rings. The SMILES string of the molecule is NS(=O)(=O)c1ccc(-c2ccc(/C=C3/C(=O)NC(=O)N(c4ccccc4)C3=O)o2)cc1. The maximum absolute atomic E-state index is 12.8. The highest BCUT2D eigenvalue weighted by Crippen LogP contribution is 2.26. The standard InChI is InChI=1S/C21H15N3O6S/c22-31(28,29)16-9-6-13(7-10-16)18-11-8-15(30-18)12-17-19(25)23-21(27)24(20(17)26)14-4-2-1-3-5-14/h1-12H,(H2,22,28,29)(H,23,25,27)/b17-12-. The van der Waals surface area contributed by atoms with Crippen molar-refractivity contribution in [3.8, 4) is 11.3 Å². The summed E-state index contributed by atoms with van der Waals surface area (Å²) in [7, 11) is -3.81. The van der Waals surface area contributed by atoms with Crippen molar-refractivity contribution >= 4 is 39.6 Å². The summed E-state index contributed by atoms with van der Waals surface area (Å²) in [6.07, 6.45) is 1.24. The smallest absolute Gasteiger partial charge is 0.335 e. The largest absolute Gasteiger partial charge is 0.457 e. The van der Waals surface area contributed by atoms with E-state index in [0.29, 0.717) is 17.0 Å². The summed E-state index contributed by atoms with van der Waals surface area (Å²) in [5.74, 6) is -1.04. The van der Waals surface area contributed by atoms with Crippen LogP contribution in [0.2, 0.25) is 0 Å². The van der Waals surface area contributed by atoms with Crippen molar-refractivity contribution < 1.29 is 27.2 Å². The third-order valence-electron chi connectivity index (χ3n) is 4.50. The molecule has 0 spiro atoms. The van der Waals surface area contributed by atoms with Gasteiger partial charge in [0.05, 0.1) is 10.6 Å². The van der Waals surface area contributed by atoms with E-state index in [1.807, 2.05) is 0 Å². The molecule has 0 atom stereocenters. The lowest BCUT2D eigenvalue weighted by molar-refractivity contribution is -0.122. The molecule has 3 aromatic rings. The highest BCUT2D eigenvalue weighted by atomic mass is 32.2. The maximum Gasteiger partial charge on any atom is 0.335 e.